The van der Waals surface area contributed by atoms with Crippen LogP contribution in [0, 0.1) is 24.5 Å². The molecule has 11 heteroatoms. The number of aryl methyl sites for hydroxylation is 1. The molecule has 4 N–H and O–H groups in total. The summed E-state index contributed by atoms with van der Waals surface area (Å²) in [6.07, 6.45) is 0.742. The highest BCUT2D eigenvalue weighted by molar-refractivity contribution is 5.91. The lowest BCUT2D eigenvalue weighted by molar-refractivity contribution is -0.141. The predicted molar refractivity (Wildman–Crippen MR) is 155 cm³/mol. The van der Waals surface area contributed by atoms with E-state index in [1.807, 2.05) is 30.3 Å². The maximum Gasteiger partial charge on any atom is 0.339 e. The fourth-order valence-corrected chi connectivity index (χ4v) is 5.01. The van der Waals surface area contributed by atoms with Gasteiger partial charge < -0.3 is 30.3 Å². The summed E-state index contributed by atoms with van der Waals surface area (Å²) in [6, 6.07) is 18.6. The van der Waals surface area contributed by atoms with Crippen LogP contribution in [0.15, 0.2) is 66.7 Å². The van der Waals surface area contributed by atoms with Gasteiger partial charge in [-0.15, -0.1) is 0 Å². The van der Waals surface area contributed by atoms with Crippen LogP contribution in [-0.4, -0.2) is 40.2 Å². The topological polar surface area (TPSA) is 135 Å². The van der Waals surface area contributed by atoms with Gasteiger partial charge in [0.05, 0.1) is 5.92 Å². The van der Waals surface area contributed by atoms with Gasteiger partial charge in [-0.1, -0.05) is 36.4 Å². The van der Waals surface area contributed by atoms with Crippen molar-refractivity contribution < 1.29 is 38.1 Å². The van der Waals surface area contributed by atoms with Gasteiger partial charge in [0.1, 0.15) is 22.7 Å². The number of benzene rings is 3. The van der Waals surface area contributed by atoms with Gasteiger partial charge in [0.15, 0.2) is 0 Å². The third-order valence-electron chi connectivity index (χ3n) is 7.20. The molecule has 0 aliphatic carbocycles. The number of piperidine rings is 1. The molecule has 0 spiro atoms. The van der Waals surface area contributed by atoms with Crippen molar-refractivity contribution in [1.82, 2.24) is 4.98 Å². The number of carboxylic acids is 2. The number of hydrogen-bond donors (Lipinski definition) is 3. The van der Waals surface area contributed by atoms with Gasteiger partial charge in [-0.25, -0.2) is 4.79 Å². The monoisotopic (exact) mass is 589 g/mol. The van der Waals surface area contributed by atoms with Crippen molar-refractivity contribution in [3.63, 3.8) is 0 Å². The highest BCUT2D eigenvalue weighted by Crippen LogP contribution is 2.40. The van der Waals surface area contributed by atoms with Crippen molar-refractivity contribution in [2.24, 2.45) is 11.7 Å². The number of aromatic nitrogens is 1. The van der Waals surface area contributed by atoms with E-state index in [9.17, 15) is 19.8 Å². The first-order valence-electron chi connectivity index (χ1n) is 13.6. The van der Waals surface area contributed by atoms with Crippen LogP contribution in [0.25, 0.3) is 11.1 Å². The molecule has 1 aliphatic heterocycles. The van der Waals surface area contributed by atoms with Gasteiger partial charge in [-0.2, -0.15) is 13.8 Å². The standard InChI is InChI=1S/C32H29F2N3O6/c1-18-10-11-24(32(40)41)25(13-18)43-30-27(34)28(37-12-4-8-22(17-37)31(38)39)26(33)29(36-30)42-23-9-3-7-21(15-23)20-6-2-5-19(14-20)16-35/h2-3,5-7,9-11,13-15,22H,4,8,12,16-17,35H2,1H3,(H,38,39)(H,40,41). The Morgan fingerprint density at radius 2 is 1.67 bits per heavy atom. The summed E-state index contributed by atoms with van der Waals surface area (Å²) in [7, 11) is 0. The largest absolute Gasteiger partial charge is 0.481 e. The van der Waals surface area contributed by atoms with E-state index >= 15 is 8.78 Å². The number of anilines is 1. The number of rotatable bonds is 9. The smallest absolute Gasteiger partial charge is 0.339 e. The van der Waals surface area contributed by atoms with Gasteiger partial charge in [0.2, 0.25) is 11.6 Å². The molecule has 2 heterocycles. The predicted octanol–water partition coefficient (Wildman–Crippen LogP) is 6.38. The molecule has 3 aromatic carbocycles. The number of ether oxygens (including phenoxy) is 2. The molecule has 1 atom stereocenters. The molecule has 1 fully saturated rings. The zero-order chi connectivity index (χ0) is 30.7. The maximum absolute atomic E-state index is 16.1. The third-order valence-corrected chi connectivity index (χ3v) is 7.20. The van der Waals surface area contributed by atoms with Gasteiger partial charge in [0.25, 0.3) is 11.8 Å². The molecule has 0 amide bonds. The highest BCUT2D eigenvalue weighted by atomic mass is 19.1. The number of pyridine rings is 1. The first kappa shape index (κ1) is 29.5. The normalized spacial score (nSPS) is 14.8. The lowest BCUT2D eigenvalue weighted by Crippen LogP contribution is -2.39. The van der Waals surface area contributed by atoms with Gasteiger partial charge >= 0.3 is 11.9 Å². The van der Waals surface area contributed by atoms with Crippen LogP contribution in [0.1, 0.15) is 34.3 Å². The molecule has 43 heavy (non-hydrogen) atoms. The molecule has 1 unspecified atom stereocenters. The average Bonchev–Trinajstić information content (AvgIpc) is 3.00. The van der Waals surface area contributed by atoms with Crippen LogP contribution in [0.4, 0.5) is 14.5 Å². The first-order chi connectivity index (χ1) is 20.6. The molecular weight excluding hydrogens is 560 g/mol. The number of hydrogen-bond acceptors (Lipinski definition) is 7. The van der Waals surface area contributed by atoms with E-state index < -0.39 is 46.9 Å². The number of nitrogens with two attached hydrogens (primary N) is 1. The second-order valence-electron chi connectivity index (χ2n) is 10.3. The van der Waals surface area contributed by atoms with Crippen LogP contribution >= 0.6 is 0 Å². The summed E-state index contributed by atoms with van der Waals surface area (Å²) in [5.41, 5.74) is 8.10. The molecule has 5 rings (SSSR count). The number of nitrogens with zero attached hydrogens (tertiary/aromatic N) is 2. The average molecular weight is 590 g/mol. The molecule has 1 aromatic heterocycles. The summed E-state index contributed by atoms with van der Waals surface area (Å²) < 4.78 is 43.6. The number of halogens is 2. The number of carboxylic acid groups (broad SMARTS) is 2. The number of aromatic carboxylic acids is 1. The summed E-state index contributed by atoms with van der Waals surface area (Å²) in [5.74, 6) is -6.94. The van der Waals surface area contributed by atoms with Crippen molar-refractivity contribution in [3.8, 4) is 34.4 Å². The van der Waals surface area contributed by atoms with Crippen molar-refractivity contribution in [1.29, 1.82) is 0 Å². The van der Waals surface area contributed by atoms with E-state index in [1.54, 1.807) is 31.2 Å². The second kappa shape index (κ2) is 12.5. The van der Waals surface area contributed by atoms with Gasteiger partial charge in [-0.05, 0) is 72.4 Å². The Morgan fingerprint density at radius 3 is 2.37 bits per heavy atom. The molecule has 1 saturated heterocycles. The van der Waals surface area contributed by atoms with Crippen LogP contribution in [0.5, 0.6) is 23.3 Å². The van der Waals surface area contributed by atoms with Crippen LogP contribution in [0.2, 0.25) is 0 Å². The molecule has 1 aliphatic rings. The van der Waals surface area contributed by atoms with Crippen molar-refractivity contribution in [2.45, 2.75) is 26.3 Å². The molecular formula is C32H29F2N3O6. The minimum Gasteiger partial charge on any atom is -0.481 e. The minimum absolute atomic E-state index is 0.149. The molecule has 0 radical (unpaired) electrons. The van der Waals surface area contributed by atoms with Gasteiger partial charge in [-0.3, -0.25) is 4.79 Å². The summed E-state index contributed by atoms with van der Waals surface area (Å²) in [6.45, 7) is 2.08. The van der Waals surface area contributed by atoms with Crippen LogP contribution < -0.4 is 20.1 Å². The minimum atomic E-state index is -1.31. The van der Waals surface area contributed by atoms with Crippen molar-refractivity contribution in [3.05, 3.63) is 95.1 Å². The Balaban J connectivity index is 1.59. The highest BCUT2D eigenvalue weighted by Gasteiger charge is 2.33. The van der Waals surface area contributed by atoms with Crippen LogP contribution in [-0.2, 0) is 11.3 Å². The summed E-state index contributed by atoms with van der Waals surface area (Å²) in [5, 5.41) is 19.2. The molecule has 222 valence electrons. The Labute approximate surface area is 246 Å². The fraction of sp³-hybridized carbons (Fsp3) is 0.219. The Kier molecular flexibility index (Phi) is 8.53. The Hall–Kier alpha value is -5.03. The maximum atomic E-state index is 16.1. The fourth-order valence-electron chi connectivity index (χ4n) is 5.01. The molecule has 0 bridgehead atoms. The molecule has 9 nitrogen and oxygen atoms in total. The summed E-state index contributed by atoms with van der Waals surface area (Å²) in [4.78, 5) is 28.8. The van der Waals surface area contributed by atoms with E-state index in [0.717, 1.165) is 16.7 Å². The third kappa shape index (κ3) is 6.41. The van der Waals surface area contributed by atoms with E-state index in [0.29, 0.717) is 24.9 Å². The van der Waals surface area contributed by atoms with E-state index in [4.69, 9.17) is 15.2 Å². The quantitative estimate of drug-likeness (QED) is 0.203. The van der Waals surface area contributed by atoms with E-state index in [-0.39, 0.29) is 30.2 Å². The lowest BCUT2D eigenvalue weighted by Gasteiger charge is -2.33. The Morgan fingerprint density at radius 1 is 0.977 bits per heavy atom. The number of carbonyl (C=O) groups is 2. The Bertz CT molecular complexity index is 1700. The zero-order valence-corrected chi connectivity index (χ0v) is 23.2. The number of aliphatic carboxylic acids is 1. The van der Waals surface area contributed by atoms with E-state index in [2.05, 4.69) is 4.98 Å². The second-order valence-corrected chi connectivity index (χ2v) is 10.3. The summed E-state index contributed by atoms with van der Waals surface area (Å²) >= 11 is 0. The SMILES string of the molecule is Cc1ccc(C(=O)O)c(Oc2nc(Oc3cccc(-c4cccc(CN)c4)c3)c(F)c(N3CCCC(C(=O)O)C3)c2F)c1. The first-order valence-corrected chi connectivity index (χ1v) is 13.6. The van der Waals surface area contributed by atoms with Crippen LogP contribution in [0.3, 0.4) is 0 Å². The zero-order valence-electron chi connectivity index (χ0n) is 23.2. The molecule has 4 aromatic rings. The van der Waals surface area contributed by atoms with E-state index in [1.165, 1.54) is 17.0 Å². The molecule has 0 saturated carbocycles. The lowest BCUT2D eigenvalue weighted by atomic mass is 9.98. The van der Waals surface area contributed by atoms with Crippen molar-refractivity contribution in [2.75, 3.05) is 18.0 Å². The van der Waals surface area contributed by atoms with Crippen molar-refractivity contribution >= 4 is 17.6 Å². The van der Waals surface area contributed by atoms with Gasteiger partial charge in [0, 0.05) is 19.6 Å².